The molecular weight excluding hydrogens is 296 g/mol. The molecule has 2 heterocycles. The average Bonchev–Trinajstić information content (AvgIpc) is 2.34. The standard InChI is InChI=1S/C12H19BrN4O/c1-8-6-9(4-5-16(8)2)15-10-7-14-17(3)12(18)11(10)13/h7-9,15H,4-6H2,1-3H3. The third kappa shape index (κ3) is 2.75. The Labute approximate surface area is 115 Å². The van der Waals surface area contributed by atoms with E-state index in [2.05, 4.69) is 45.2 Å². The molecule has 1 aliphatic rings. The van der Waals surface area contributed by atoms with Crippen molar-refractivity contribution >= 4 is 21.6 Å². The fourth-order valence-electron chi connectivity index (χ4n) is 2.25. The molecule has 0 aliphatic carbocycles. The van der Waals surface area contributed by atoms with E-state index < -0.39 is 0 Å². The van der Waals surface area contributed by atoms with Crippen LogP contribution >= 0.6 is 15.9 Å². The van der Waals surface area contributed by atoms with Gasteiger partial charge < -0.3 is 10.2 Å². The topological polar surface area (TPSA) is 50.2 Å². The lowest BCUT2D eigenvalue weighted by atomic mass is 9.99. The van der Waals surface area contributed by atoms with Gasteiger partial charge in [-0.3, -0.25) is 4.79 Å². The normalized spacial score (nSPS) is 25.1. The lowest BCUT2D eigenvalue weighted by molar-refractivity contribution is 0.190. The van der Waals surface area contributed by atoms with Crippen LogP contribution in [0.25, 0.3) is 0 Å². The monoisotopic (exact) mass is 314 g/mol. The highest BCUT2D eigenvalue weighted by Gasteiger charge is 2.23. The van der Waals surface area contributed by atoms with Crippen molar-refractivity contribution in [1.29, 1.82) is 0 Å². The molecule has 1 saturated heterocycles. The first-order valence-electron chi connectivity index (χ1n) is 6.17. The maximum Gasteiger partial charge on any atom is 0.282 e. The zero-order valence-electron chi connectivity index (χ0n) is 11.0. The summed E-state index contributed by atoms with van der Waals surface area (Å²) in [4.78, 5) is 14.1. The van der Waals surface area contributed by atoms with Gasteiger partial charge in [0.1, 0.15) is 4.47 Å². The number of piperidine rings is 1. The van der Waals surface area contributed by atoms with Gasteiger partial charge in [-0.25, -0.2) is 4.68 Å². The zero-order valence-corrected chi connectivity index (χ0v) is 12.6. The Hall–Kier alpha value is -0.880. The van der Waals surface area contributed by atoms with Crippen molar-refractivity contribution in [1.82, 2.24) is 14.7 Å². The molecule has 6 heteroatoms. The molecule has 2 rings (SSSR count). The molecular formula is C12H19BrN4O. The number of anilines is 1. The molecule has 2 unspecified atom stereocenters. The minimum atomic E-state index is -0.110. The number of likely N-dealkylation sites (tertiary alicyclic amines) is 1. The summed E-state index contributed by atoms with van der Waals surface area (Å²) in [6, 6.07) is 0.968. The second-order valence-electron chi connectivity index (χ2n) is 5.00. The first-order valence-corrected chi connectivity index (χ1v) is 6.97. The number of nitrogens with one attached hydrogen (secondary N) is 1. The van der Waals surface area contributed by atoms with Crippen molar-refractivity contribution in [2.45, 2.75) is 31.8 Å². The lowest BCUT2D eigenvalue weighted by Crippen LogP contribution is -2.42. The highest BCUT2D eigenvalue weighted by molar-refractivity contribution is 9.10. The number of halogens is 1. The van der Waals surface area contributed by atoms with Gasteiger partial charge in [0.15, 0.2) is 0 Å². The number of nitrogens with zero attached hydrogens (tertiary/aromatic N) is 3. The van der Waals surface area contributed by atoms with Crippen LogP contribution in [0.5, 0.6) is 0 Å². The van der Waals surface area contributed by atoms with Crippen LogP contribution in [0, 0.1) is 0 Å². The van der Waals surface area contributed by atoms with E-state index in [0.29, 0.717) is 16.6 Å². The maximum atomic E-state index is 11.8. The van der Waals surface area contributed by atoms with E-state index in [1.54, 1.807) is 13.2 Å². The maximum absolute atomic E-state index is 11.8. The van der Waals surface area contributed by atoms with Gasteiger partial charge in [-0.2, -0.15) is 5.10 Å². The van der Waals surface area contributed by atoms with Crippen LogP contribution < -0.4 is 10.9 Å². The van der Waals surface area contributed by atoms with Crippen LogP contribution in [0.2, 0.25) is 0 Å². The molecule has 1 aromatic heterocycles. The Morgan fingerprint density at radius 1 is 1.50 bits per heavy atom. The second-order valence-corrected chi connectivity index (χ2v) is 5.79. The fourth-order valence-corrected chi connectivity index (χ4v) is 2.73. The van der Waals surface area contributed by atoms with E-state index in [1.807, 2.05) is 0 Å². The highest BCUT2D eigenvalue weighted by Crippen LogP contribution is 2.22. The zero-order chi connectivity index (χ0) is 13.3. The van der Waals surface area contributed by atoms with Crippen LogP contribution in [-0.2, 0) is 7.05 Å². The number of hydrogen-bond acceptors (Lipinski definition) is 4. The molecule has 0 amide bonds. The van der Waals surface area contributed by atoms with Crippen molar-refractivity contribution in [2.24, 2.45) is 7.05 Å². The molecule has 0 aromatic carbocycles. The van der Waals surface area contributed by atoms with Gasteiger partial charge in [0, 0.05) is 25.7 Å². The Morgan fingerprint density at radius 2 is 2.22 bits per heavy atom. The van der Waals surface area contributed by atoms with Crippen molar-refractivity contribution in [3.8, 4) is 0 Å². The molecule has 1 aromatic rings. The third-order valence-electron chi connectivity index (χ3n) is 3.65. The van der Waals surface area contributed by atoms with Crippen molar-refractivity contribution < 1.29 is 0 Å². The van der Waals surface area contributed by atoms with Crippen molar-refractivity contribution in [2.75, 3.05) is 18.9 Å². The number of aromatic nitrogens is 2. The molecule has 0 saturated carbocycles. The minimum absolute atomic E-state index is 0.110. The van der Waals surface area contributed by atoms with Crippen molar-refractivity contribution in [3.05, 3.63) is 21.0 Å². The molecule has 1 N–H and O–H groups in total. The Bertz CT molecular complexity index is 487. The van der Waals surface area contributed by atoms with E-state index >= 15 is 0 Å². The predicted molar refractivity (Wildman–Crippen MR) is 75.9 cm³/mol. The minimum Gasteiger partial charge on any atom is -0.380 e. The first-order chi connectivity index (χ1) is 8.49. The smallest absolute Gasteiger partial charge is 0.282 e. The molecule has 0 bridgehead atoms. The van der Waals surface area contributed by atoms with Gasteiger partial charge in [-0.15, -0.1) is 0 Å². The average molecular weight is 315 g/mol. The highest BCUT2D eigenvalue weighted by atomic mass is 79.9. The largest absolute Gasteiger partial charge is 0.380 e. The first kappa shape index (κ1) is 13.5. The SMILES string of the molecule is CC1CC(Nc2cnn(C)c(=O)c2Br)CCN1C. The predicted octanol–water partition coefficient (Wildman–Crippen LogP) is 1.44. The summed E-state index contributed by atoms with van der Waals surface area (Å²) in [6.07, 6.45) is 3.87. The molecule has 0 radical (unpaired) electrons. The van der Waals surface area contributed by atoms with E-state index in [0.717, 1.165) is 25.1 Å². The summed E-state index contributed by atoms with van der Waals surface area (Å²) in [5.74, 6) is 0. The Balaban J connectivity index is 2.11. The summed E-state index contributed by atoms with van der Waals surface area (Å²) in [5.41, 5.74) is 0.681. The number of hydrogen-bond donors (Lipinski definition) is 1. The third-order valence-corrected chi connectivity index (χ3v) is 4.41. The van der Waals surface area contributed by atoms with Crippen LogP contribution in [-0.4, -0.2) is 40.4 Å². The van der Waals surface area contributed by atoms with Gasteiger partial charge in [0.2, 0.25) is 0 Å². The molecule has 18 heavy (non-hydrogen) atoms. The van der Waals surface area contributed by atoms with Gasteiger partial charge >= 0.3 is 0 Å². The van der Waals surface area contributed by atoms with Crippen LogP contribution in [0.4, 0.5) is 5.69 Å². The van der Waals surface area contributed by atoms with Gasteiger partial charge in [0.25, 0.3) is 5.56 Å². The Morgan fingerprint density at radius 3 is 2.89 bits per heavy atom. The van der Waals surface area contributed by atoms with E-state index in [-0.39, 0.29) is 5.56 Å². The van der Waals surface area contributed by atoms with Gasteiger partial charge in [0.05, 0.1) is 11.9 Å². The quantitative estimate of drug-likeness (QED) is 0.897. The number of rotatable bonds is 2. The summed E-state index contributed by atoms with van der Waals surface area (Å²) in [5, 5.41) is 7.46. The molecule has 2 atom stereocenters. The molecule has 100 valence electrons. The van der Waals surface area contributed by atoms with E-state index in [1.165, 1.54) is 4.68 Å². The summed E-state index contributed by atoms with van der Waals surface area (Å²) >= 11 is 3.34. The molecule has 0 spiro atoms. The molecule has 5 nitrogen and oxygen atoms in total. The molecule has 1 fully saturated rings. The van der Waals surface area contributed by atoms with Crippen LogP contribution in [0.1, 0.15) is 19.8 Å². The second kappa shape index (κ2) is 5.40. The fraction of sp³-hybridized carbons (Fsp3) is 0.667. The van der Waals surface area contributed by atoms with Crippen LogP contribution in [0.15, 0.2) is 15.5 Å². The molecule has 1 aliphatic heterocycles. The van der Waals surface area contributed by atoms with Crippen molar-refractivity contribution in [3.63, 3.8) is 0 Å². The summed E-state index contributed by atoms with van der Waals surface area (Å²) in [7, 11) is 3.80. The van der Waals surface area contributed by atoms with E-state index in [4.69, 9.17) is 0 Å². The summed E-state index contributed by atoms with van der Waals surface area (Å²) < 4.78 is 1.89. The Kier molecular flexibility index (Phi) is 4.07. The van der Waals surface area contributed by atoms with Gasteiger partial charge in [-0.1, -0.05) is 0 Å². The van der Waals surface area contributed by atoms with Gasteiger partial charge in [-0.05, 0) is 42.7 Å². The number of aryl methyl sites for hydroxylation is 1. The lowest BCUT2D eigenvalue weighted by Gasteiger charge is -2.35. The van der Waals surface area contributed by atoms with E-state index in [9.17, 15) is 4.79 Å². The summed E-state index contributed by atoms with van der Waals surface area (Å²) in [6.45, 7) is 3.31. The van der Waals surface area contributed by atoms with Crippen LogP contribution in [0.3, 0.4) is 0 Å².